The molecule has 2 aliphatic heterocycles. The monoisotopic (exact) mass is 437 g/mol. The highest BCUT2D eigenvalue weighted by Crippen LogP contribution is 2.36. The average Bonchev–Trinajstić information content (AvgIpc) is 3.32. The molecule has 0 bridgehead atoms. The number of piperidine rings is 1. The fourth-order valence-electron chi connectivity index (χ4n) is 5.03. The number of pyridine rings is 1. The smallest absolute Gasteiger partial charge is 0.254 e. The molecule has 1 aromatic carbocycles. The summed E-state index contributed by atoms with van der Waals surface area (Å²) in [6.45, 7) is 1.07. The van der Waals surface area contributed by atoms with E-state index in [2.05, 4.69) is 15.6 Å². The first-order valence-corrected chi connectivity index (χ1v) is 11.3. The van der Waals surface area contributed by atoms with Gasteiger partial charge in [0.1, 0.15) is 11.4 Å². The first-order valence-electron chi connectivity index (χ1n) is 11.3. The van der Waals surface area contributed by atoms with E-state index in [1.807, 2.05) is 12.1 Å². The summed E-state index contributed by atoms with van der Waals surface area (Å²) in [5.74, 6) is 1.02. The predicted molar refractivity (Wildman–Crippen MR) is 122 cm³/mol. The van der Waals surface area contributed by atoms with Crippen LogP contribution in [0.15, 0.2) is 41.5 Å². The van der Waals surface area contributed by atoms with E-state index in [9.17, 15) is 9.18 Å². The highest BCUT2D eigenvalue weighted by molar-refractivity contribution is 6.09. The zero-order valence-corrected chi connectivity index (χ0v) is 18.2. The van der Waals surface area contributed by atoms with E-state index >= 15 is 0 Å². The van der Waals surface area contributed by atoms with Crippen LogP contribution in [0.2, 0.25) is 0 Å². The van der Waals surface area contributed by atoms with Gasteiger partial charge in [0.2, 0.25) is 0 Å². The molecule has 1 saturated carbocycles. The number of amidine groups is 1. The Labute approximate surface area is 187 Å². The number of benzene rings is 1. The maximum absolute atomic E-state index is 14.2. The summed E-state index contributed by atoms with van der Waals surface area (Å²) in [7, 11) is 1.41. The van der Waals surface area contributed by atoms with E-state index in [1.54, 1.807) is 17.2 Å². The lowest BCUT2D eigenvalue weighted by Crippen LogP contribution is -2.62. The van der Waals surface area contributed by atoms with Crippen molar-refractivity contribution in [3.05, 3.63) is 47.9 Å². The third kappa shape index (κ3) is 3.78. The molecule has 1 aromatic heterocycles. The fraction of sp³-hybridized carbons (Fsp3) is 0.458. The van der Waals surface area contributed by atoms with E-state index in [0.717, 1.165) is 43.0 Å². The number of anilines is 2. The maximum atomic E-state index is 14.2. The van der Waals surface area contributed by atoms with Crippen molar-refractivity contribution >= 4 is 23.2 Å². The second kappa shape index (κ2) is 8.41. The number of carbonyl (C=O) groups is 1. The van der Waals surface area contributed by atoms with Gasteiger partial charge in [-0.25, -0.2) is 9.37 Å². The van der Waals surface area contributed by atoms with Gasteiger partial charge in [0.25, 0.3) is 5.91 Å². The molecular formula is C24H28FN5O2. The molecule has 1 atom stereocenters. The van der Waals surface area contributed by atoms with Crippen molar-refractivity contribution in [1.82, 2.24) is 9.88 Å². The quantitative estimate of drug-likeness (QED) is 0.756. The molecule has 2 fully saturated rings. The zero-order chi connectivity index (χ0) is 22.1. The topological polar surface area (TPSA) is 78.8 Å². The molecule has 8 heteroatoms. The standard InChI is InChI=1S/C24H28FN5O2/c1-32-20-10-9-16(14-18(20)25)22(31)30-13-5-11-24(15-30)23(27-17-6-2-3-7-17)28-21-19(29-24)8-4-12-26-21/h4,8-10,12,14,17,29H,2-3,5-7,11,13,15H2,1H3,(H,26,27,28)/t24-/m1/s1. The van der Waals surface area contributed by atoms with Crippen molar-refractivity contribution in [3.8, 4) is 5.75 Å². The van der Waals surface area contributed by atoms with Gasteiger partial charge < -0.3 is 20.3 Å². The number of halogens is 1. The van der Waals surface area contributed by atoms with Gasteiger partial charge in [-0.2, -0.15) is 0 Å². The number of aromatic nitrogens is 1. The van der Waals surface area contributed by atoms with Gasteiger partial charge in [0.15, 0.2) is 17.4 Å². The molecule has 0 unspecified atom stereocenters. The second-order valence-corrected chi connectivity index (χ2v) is 8.83. The number of aliphatic imine (C=N–C) groups is 1. The third-order valence-corrected chi connectivity index (χ3v) is 6.69. The molecule has 0 radical (unpaired) electrons. The number of hydrogen-bond acceptors (Lipinski definition) is 5. The van der Waals surface area contributed by atoms with Crippen LogP contribution in [0.25, 0.3) is 0 Å². The molecule has 3 aliphatic rings. The van der Waals surface area contributed by atoms with E-state index in [0.29, 0.717) is 24.7 Å². The van der Waals surface area contributed by atoms with Crippen molar-refractivity contribution in [2.45, 2.75) is 50.1 Å². The summed E-state index contributed by atoms with van der Waals surface area (Å²) in [4.78, 5) is 24.7. The van der Waals surface area contributed by atoms with Gasteiger partial charge in [-0.15, -0.1) is 0 Å². The first-order chi connectivity index (χ1) is 15.6. The molecule has 1 amide bonds. The first kappa shape index (κ1) is 20.7. The number of fused-ring (bicyclic) bond motifs is 1. The normalized spacial score (nSPS) is 24.2. The Morgan fingerprint density at radius 1 is 1.28 bits per heavy atom. The van der Waals surface area contributed by atoms with E-state index < -0.39 is 11.4 Å². The van der Waals surface area contributed by atoms with Crippen LogP contribution in [-0.2, 0) is 0 Å². The second-order valence-electron chi connectivity index (χ2n) is 8.83. The molecule has 2 aromatic rings. The number of ether oxygens (including phenoxy) is 1. The van der Waals surface area contributed by atoms with Crippen molar-refractivity contribution < 1.29 is 13.9 Å². The lowest BCUT2D eigenvalue weighted by atomic mass is 9.85. The minimum Gasteiger partial charge on any atom is -0.494 e. The number of carbonyl (C=O) groups excluding carboxylic acids is 1. The van der Waals surface area contributed by atoms with Crippen LogP contribution < -0.4 is 15.4 Å². The van der Waals surface area contributed by atoms with E-state index in [-0.39, 0.29) is 11.7 Å². The van der Waals surface area contributed by atoms with Crippen molar-refractivity contribution in [1.29, 1.82) is 0 Å². The number of likely N-dealkylation sites (tertiary alicyclic amines) is 1. The molecule has 1 spiro atoms. The average molecular weight is 438 g/mol. The van der Waals surface area contributed by atoms with Gasteiger partial charge in [-0.05, 0) is 56.0 Å². The molecule has 1 aliphatic carbocycles. The Kier molecular flexibility index (Phi) is 5.45. The number of nitrogens with zero attached hydrogens (tertiary/aromatic N) is 3. The van der Waals surface area contributed by atoms with Crippen LogP contribution in [-0.4, -0.2) is 53.4 Å². The number of rotatable bonds is 3. The lowest BCUT2D eigenvalue weighted by molar-refractivity contribution is 0.0693. The van der Waals surface area contributed by atoms with Gasteiger partial charge >= 0.3 is 0 Å². The Morgan fingerprint density at radius 3 is 2.91 bits per heavy atom. The van der Waals surface area contributed by atoms with Gasteiger partial charge in [-0.1, -0.05) is 12.8 Å². The highest BCUT2D eigenvalue weighted by Gasteiger charge is 2.45. The fourth-order valence-corrected chi connectivity index (χ4v) is 5.03. The number of amides is 1. The lowest BCUT2D eigenvalue weighted by Gasteiger charge is -2.47. The zero-order valence-electron chi connectivity index (χ0n) is 18.2. The van der Waals surface area contributed by atoms with Crippen molar-refractivity contribution in [2.75, 3.05) is 30.8 Å². The van der Waals surface area contributed by atoms with Crippen LogP contribution in [0, 0.1) is 5.82 Å². The maximum Gasteiger partial charge on any atom is 0.254 e. The Bertz CT molecular complexity index is 1050. The van der Waals surface area contributed by atoms with Crippen molar-refractivity contribution in [2.24, 2.45) is 4.99 Å². The van der Waals surface area contributed by atoms with Gasteiger partial charge in [0, 0.05) is 18.3 Å². The molecule has 32 heavy (non-hydrogen) atoms. The summed E-state index contributed by atoms with van der Waals surface area (Å²) < 4.78 is 19.2. The van der Waals surface area contributed by atoms with E-state index in [1.165, 1.54) is 32.1 Å². The number of hydrogen-bond donors (Lipinski definition) is 2. The van der Waals surface area contributed by atoms with Gasteiger partial charge in [-0.3, -0.25) is 9.79 Å². The Hall–Kier alpha value is -3.16. The Morgan fingerprint density at radius 2 is 2.12 bits per heavy atom. The third-order valence-electron chi connectivity index (χ3n) is 6.69. The minimum atomic E-state index is -0.536. The highest BCUT2D eigenvalue weighted by atomic mass is 19.1. The summed E-state index contributed by atoms with van der Waals surface area (Å²) in [5.41, 5.74) is 0.709. The summed E-state index contributed by atoms with van der Waals surface area (Å²) in [6, 6.07) is 8.54. The molecular weight excluding hydrogens is 409 g/mol. The van der Waals surface area contributed by atoms with Crippen LogP contribution >= 0.6 is 0 Å². The summed E-state index contributed by atoms with van der Waals surface area (Å²) >= 11 is 0. The molecule has 5 rings (SSSR count). The molecule has 1 saturated heterocycles. The molecule has 168 valence electrons. The van der Waals surface area contributed by atoms with Crippen LogP contribution in [0.4, 0.5) is 15.9 Å². The van der Waals surface area contributed by atoms with E-state index in [4.69, 9.17) is 9.73 Å². The summed E-state index contributed by atoms with van der Waals surface area (Å²) in [6.07, 6.45) is 8.00. The number of nitrogens with one attached hydrogen (secondary N) is 2. The van der Waals surface area contributed by atoms with Crippen LogP contribution in [0.3, 0.4) is 0 Å². The van der Waals surface area contributed by atoms with Crippen molar-refractivity contribution in [3.63, 3.8) is 0 Å². The molecule has 2 N–H and O–H groups in total. The molecule has 3 heterocycles. The Balaban J connectivity index is 1.46. The van der Waals surface area contributed by atoms with Crippen LogP contribution in [0.1, 0.15) is 48.9 Å². The number of methoxy groups -OCH3 is 1. The summed E-state index contributed by atoms with van der Waals surface area (Å²) in [5, 5.41) is 7.13. The largest absolute Gasteiger partial charge is 0.494 e. The molecule has 7 nitrogen and oxygen atoms in total. The SMILES string of the molecule is COc1ccc(C(=O)N2CCC[C@]3(C2)Nc2cccnc2NC3=NC2CCCC2)cc1F. The van der Waals surface area contributed by atoms with Crippen LogP contribution in [0.5, 0.6) is 5.75 Å². The minimum absolute atomic E-state index is 0.130. The van der Waals surface area contributed by atoms with Gasteiger partial charge in [0.05, 0.1) is 25.4 Å². The predicted octanol–water partition coefficient (Wildman–Crippen LogP) is 4.08.